The molecule has 0 fully saturated rings. The molecule has 0 aliphatic heterocycles. The third kappa shape index (κ3) is 4.21. The van der Waals surface area contributed by atoms with Gasteiger partial charge in [0.2, 0.25) is 0 Å². The molecule has 1 heterocycles. The molecule has 4 nitrogen and oxygen atoms in total. The Bertz CT molecular complexity index is 1080. The number of carbonyl (C=O) groups excluding carboxylic acids is 2. The van der Waals surface area contributed by atoms with Gasteiger partial charge in [0.25, 0.3) is 11.8 Å². The van der Waals surface area contributed by atoms with E-state index in [9.17, 15) is 9.59 Å². The van der Waals surface area contributed by atoms with E-state index in [0.717, 1.165) is 36.8 Å². The first-order valence-electron chi connectivity index (χ1n) is 9.61. The number of amides is 2. The van der Waals surface area contributed by atoms with Crippen LogP contribution in [0.25, 0.3) is 0 Å². The summed E-state index contributed by atoms with van der Waals surface area (Å²) in [5, 5.41) is 7.13. The topological polar surface area (TPSA) is 58.2 Å². The van der Waals surface area contributed by atoms with Crippen molar-refractivity contribution in [3.8, 4) is 0 Å². The molecule has 0 radical (unpaired) electrons. The van der Waals surface area contributed by atoms with Crippen molar-refractivity contribution in [2.75, 3.05) is 10.6 Å². The molecule has 1 aromatic heterocycles. The fourth-order valence-electron chi connectivity index (χ4n) is 3.52. The van der Waals surface area contributed by atoms with Crippen LogP contribution >= 0.6 is 22.9 Å². The van der Waals surface area contributed by atoms with Gasteiger partial charge in [-0.25, -0.2) is 0 Å². The van der Waals surface area contributed by atoms with Gasteiger partial charge in [-0.1, -0.05) is 35.9 Å². The van der Waals surface area contributed by atoms with Crippen molar-refractivity contribution in [2.24, 2.45) is 0 Å². The maximum absolute atomic E-state index is 13.2. The number of halogens is 1. The van der Waals surface area contributed by atoms with E-state index in [1.165, 1.54) is 16.2 Å². The average Bonchev–Trinajstić information content (AvgIpc) is 3.09. The molecule has 2 aromatic carbocycles. The second-order valence-electron chi connectivity index (χ2n) is 7.15. The zero-order valence-electron chi connectivity index (χ0n) is 16.0. The number of hydrogen-bond donors (Lipinski definition) is 2. The van der Waals surface area contributed by atoms with Gasteiger partial charge in [0.1, 0.15) is 5.00 Å². The van der Waals surface area contributed by atoms with Crippen LogP contribution < -0.4 is 10.6 Å². The van der Waals surface area contributed by atoms with Crippen LogP contribution in [0.3, 0.4) is 0 Å². The average molecular weight is 425 g/mol. The predicted molar refractivity (Wildman–Crippen MR) is 119 cm³/mol. The predicted octanol–water partition coefficient (Wildman–Crippen LogP) is 6.09. The molecule has 0 atom stereocenters. The van der Waals surface area contributed by atoms with Crippen molar-refractivity contribution in [1.82, 2.24) is 0 Å². The van der Waals surface area contributed by atoms with E-state index >= 15 is 0 Å². The summed E-state index contributed by atoms with van der Waals surface area (Å²) in [6, 6.07) is 14.5. The second kappa shape index (κ2) is 8.39. The molecule has 1 aliphatic carbocycles. The van der Waals surface area contributed by atoms with Gasteiger partial charge in [0.15, 0.2) is 0 Å². The fourth-order valence-corrected chi connectivity index (χ4v) is 4.99. The molecule has 6 heteroatoms. The minimum Gasteiger partial charge on any atom is -0.322 e. The first kappa shape index (κ1) is 19.7. The Morgan fingerprint density at radius 3 is 2.48 bits per heavy atom. The molecule has 0 saturated carbocycles. The summed E-state index contributed by atoms with van der Waals surface area (Å²) in [7, 11) is 0. The minimum absolute atomic E-state index is 0.211. The lowest BCUT2D eigenvalue weighted by Gasteiger charge is -2.14. The number of thiophene rings is 1. The van der Waals surface area contributed by atoms with Gasteiger partial charge >= 0.3 is 0 Å². The molecule has 4 rings (SSSR count). The fraction of sp³-hybridized carbons (Fsp3) is 0.217. The van der Waals surface area contributed by atoms with E-state index in [4.69, 9.17) is 11.6 Å². The highest BCUT2D eigenvalue weighted by Crippen LogP contribution is 2.39. The smallest absolute Gasteiger partial charge is 0.258 e. The van der Waals surface area contributed by atoms with E-state index in [0.29, 0.717) is 26.8 Å². The molecule has 29 heavy (non-hydrogen) atoms. The highest BCUT2D eigenvalue weighted by molar-refractivity contribution is 7.17. The number of hydrogen-bond acceptors (Lipinski definition) is 3. The summed E-state index contributed by atoms with van der Waals surface area (Å²) in [5.74, 6) is -0.427. The zero-order chi connectivity index (χ0) is 20.4. The molecule has 0 unspecified atom stereocenters. The number of fused-ring (bicyclic) bond motifs is 1. The van der Waals surface area contributed by atoms with E-state index < -0.39 is 0 Å². The lowest BCUT2D eigenvalue weighted by molar-refractivity contribution is 0.102. The Morgan fingerprint density at radius 2 is 1.72 bits per heavy atom. The summed E-state index contributed by atoms with van der Waals surface area (Å²) < 4.78 is 0. The van der Waals surface area contributed by atoms with Gasteiger partial charge in [0.05, 0.1) is 5.56 Å². The third-order valence-corrected chi connectivity index (χ3v) is 6.71. The van der Waals surface area contributed by atoms with Gasteiger partial charge in [-0.15, -0.1) is 11.3 Å². The summed E-state index contributed by atoms with van der Waals surface area (Å²) in [4.78, 5) is 27.1. The van der Waals surface area contributed by atoms with Gasteiger partial charge < -0.3 is 10.6 Å². The molecule has 2 N–H and O–H groups in total. The van der Waals surface area contributed by atoms with Crippen molar-refractivity contribution >= 4 is 45.4 Å². The van der Waals surface area contributed by atoms with Crippen molar-refractivity contribution in [2.45, 2.75) is 32.6 Å². The van der Waals surface area contributed by atoms with E-state index in [2.05, 4.69) is 10.6 Å². The largest absolute Gasteiger partial charge is 0.322 e. The molecule has 148 valence electrons. The Kier molecular flexibility index (Phi) is 5.69. The molecular formula is C23H21ClN2O2S. The number of anilines is 2. The Labute approximate surface area is 178 Å². The van der Waals surface area contributed by atoms with Crippen molar-refractivity contribution in [3.63, 3.8) is 0 Å². The number of carbonyl (C=O) groups is 2. The Balaban J connectivity index is 1.65. The molecule has 2 amide bonds. The van der Waals surface area contributed by atoms with Crippen LogP contribution in [-0.2, 0) is 12.8 Å². The van der Waals surface area contributed by atoms with Crippen molar-refractivity contribution in [3.05, 3.63) is 80.7 Å². The Hall–Kier alpha value is -2.63. The zero-order valence-corrected chi connectivity index (χ0v) is 17.6. The molecule has 3 aromatic rings. The third-order valence-electron chi connectivity index (χ3n) is 5.09. The van der Waals surface area contributed by atoms with Crippen LogP contribution in [0.2, 0.25) is 5.02 Å². The van der Waals surface area contributed by atoms with Gasteiger partial charge in [-0.05, 0) is 68.0 Å². The standard InChI is InChI=1S/C23H21ClN2O2S/c1-14-11-12-16(13-18(14)24)25-22(28)20-17-9-5-6-10-19(17)29-23(20)26-21(27)15-7-3-2-4-8-15/h2-4,7-8,11-13H,5-6,9-10H2,1H3,(H,25,28)(H,26,27). The van der Waals surface area contributed by atoms with Crippen molar-refractivity contribution < 1.29 is 9.59 Å². The van der Waals surface area contributed by atoms with Crippen LogP contribution in [0.15, 0.2) is 48.5 Å². The summed E-state index contributed by atoms with van der Waals surface area (Å²) in [6.07, 6.45) is 3.95. The van der Waals surface area contributed by atoms with Gasteiger partial charge in [-0.2, -0.15) is 0 Å². The summed E-state index contributed by atoms with van der Waals surface area (Å²) in [6.45, 7) is 1.92. The maximum atomic E-state index is 13.2. The van der Waals surface area contributed by atoms with Crippen LogP contribution in [0.5, 0.6) is 0 Å². The molecule has 0 saturated heterocycles. The van der Waals surface area contributed by atoms with Crippen LogP contribution in [0, 0.1) is 6.92 Å². The van der Waals surface area contributed by atoms with E-state index in [1.807, 2.05) is 37.3 Å². The number of aryl methyl sites for hydroxylation is 2. The van der Waals surface area contributed by atoms with Gasteiger partial charge in [0, 0.05) is 21.2 Å². The van der Waals surface area contributed by atoms with Crippen LogP contribution in [0.1, 0.15) is 49.6 Å². The lowest BCUT2D eigenvalue weighted by Crippen LogP contribution is -2.18. The summed E-state index contributed by atoms with van der Waals surface area (Å²) >= 11 is 7.71. The SMILES string of the molecule is Cc1ccc(NC(=O)c2c(NC(=O)c3ccccc3)sc3c2CCCC3)cc1Cl. The van der Waals surface area contributed by atoms with Gasteiger partial charge in [-0.3, -0.25) is 9.59 Å². The molecule has 0 spiro atoms. The number of nitrogens with one attached hydrogen (secondary N) is 2. The number of benzene rings is 2. The highest BCUT2D eigenvalue weighted by atomic mass is 35.5. The van der Waals surface area contributed by atoms with Crippen LogP contribution in [0.4, 0.5) is 10.7 Å². The first-order valence-corrected chi connectivity index (χ1v) is 10.8. The second-order valence-corrected chi connectivity index (χ2v) is 8.67. The van der Waals surface area contributed by atoms with E-state index in [1.54, 1.807) is 18.2 Å². The lowest BCUT2D eigenvalue weighted by atomic mass is 9.95. The quantitative estimate of drug-likeness (QED) is 0.532. The van der Waals surface area contributed by atoms with Crippen LogP contribution in [-0.4, -0.2) is 11.8 Å². The molecular weight excluding hydrogens is 404 g/mol. The minimum atomic E-state index is -0.215. The Morgan fingerprint density at radius 1 is 0.966 bits per heavy atom. The highest BCUT2D eigenvalue weighted by Gasteiger charge is 2.26. The normalized spacial score (nSPS) is 12.9. The summed E-state index contributed by atoms with van der Waals surface area (Å²) in [5.41, 5.74) is 3.79. The monoisotopic (exact) mass is 424 g/mol. The molecule has 1 aliphatic rings. The van der Waals surface area contributed by atoms with Crippen molar-refractivity contribution in [1.29, 1.82) is 0 Å². The van der Waals surface area contributed by atoms with E-state index in [-0.39, 0.29) is 11.8 Å². The molecule has 0 bridgehead atoms. The first-order chi connectivity index (χ1) is 14.0. The maximum Gasteiger partial charge on any atom is 0.258 e. The number of rotatable bonds is 4.